The van der Waals surface area contributed by atoms with Gasteiger partial charge in [0.15, 0.2) is 11.5 Å². The van der Waals surface area contributed by atoms with E-state index in [-0.39, 0.29) is 11.5 Å². The summed E-state index contributed by atoms with van der Waals surface area (Å²) in [7, 11) is 0. The van der Waals surface area contributed by atoms with Crippen molar-refractivity contribution in [3.05, 3.63) is 101 Å². The number of carbonyl (C=O) groups is 1. The van der Waals surface area contributed by atoms with E-state index in [0.29, 0.717) is 29.1 Å². The van der Waals surface area contributed by atoms with Crippen LogP contribution in [0.25, 0.3) is 32.8 Å². The number of hydrogen-bond donors (Lipinski definition) is 1. The number of hydrogen-bond acceptors (Lipinski definition) is 4. The fourth-order valence-electron chi connectivity index (χ4n) is 4.69. The number of aliphatic hydroxyl groups is 1. The zero-order chi connectivity index (χ0) is 24.4. The van der Waals surface area contributed by atoms with Crippen LogP contribution in [-0.2, 0) is 6.42 Å². The Morgan fingerprint density at radius 1 is 0.914 bits per heavy atom. The second kappa shape index (κ2) is 10.0. The number of benzene rings is 4. The van der Waals surface area contributed by atoms with E-state index in [2.05, 4.69) is 5.16 Å². The average molecular weight is 484 g/mol. The molecule has 0 aliphatic rings. The Kier molecular flexibility index (Phi) is 6.67. The quantitative estimate of drug-likeness (QED) is 0.179. The molecule has 0 radical (unpaired) electrons. The van der Waals surface area contributed by atoms with E-state index in [1.807, 2.05) is 85.8 Å². The summed E-state index contributed by atoms with van der Waals surface area (Å²) in [4.78, 5) is 13.5. The third-order valence-corrected chi connectivity index (χ3v) is 6.84. The van der Waals surface area contributed by atoms with Gasteiger partial charge in [-0.15, -0.1) is 0 Å². The van der Waals surface area contributed by atoms with Gasteiger partial charge in [0, 0.05) is 29.2 Å². The molecule has 0 aliphatic heterocycles. The average Bonchev–Trinajstić information content (AvgIpc) is 3.33. The van der Waals surface area contributed by atoms with Crippen LogP contribution in [0.5, 0.6) is 0 Å². The summed E-state index contributed by atoms with van der Waals surface area (Å²) < 4.78 is 5.76. The largest absolute Gasteiger partial charge is 0.385 e. The van der Waals surface area contributed by atoms with E-state index >= 15 is 0 Å². The molecule has 0 saturated heterocycles. The molecule has 4 aromatic carbocycles. The van der Waals surface area contributed by atoms with Crippen molar-refractivity contribution in [2.24, 2.45) is 0 Å². The number of aliphatic hydroxyl groups excluding tert-OH is 1. The first-order valence-electron chi connectivity index (χ1n) is 11.9. The van der Waals surface area contributed by atoms with Crippen LogP contribution < -0.4 is 0 Å². The van der Waals surface area contributed by atoms with Crippen LogP contribution in [0.3, 0.4) is 0 Å². The molecule has 0 aliphatic carbocycles. The van der Waals surface area contributed by atoms with Crippen molar-refractivity contribution in [1.29, 1.82) is 0 Å². The topological polar surface area (TPSA) is 63.3 Å². The van der Waals surface area contributed by atoms with Gasteiger partial charge in [-0.3, -0.25) is 4.79 Å². The van der Waals surface area contributed by atoms with Crippen molar-refractivity contribution in [3.63, 3.8) is 0 Å². The maximum atomic E-state index is 13.5. The predicted octanol–water partition coefficient (Wildman–Crippen LogP) is 7.95. The number of fused-ring (bicyclic) bond motifs is 2. The molecule has 0 bridgehead atoms. The lowest BCUT2D eigenvalue weighted by Crippen LogP contribution is -2.09. The molecule has 5 heteroatoms. The number of ketones is 1. The fourth-order valence-corrected chi connectivity index (χ4v) is 5.02. The van der Waals surface area contributed by atoms with E-state index < -0.39 is 6.10 Å². The minimum Gasteiger partial charge on any atom is -0.385 e. The monoisotopic (exact) mass is 483 g/mol. The molecule has 1 unspecified atom stereocenters. The third kappa shape index (κ3) is 4.36. The van der Waals surface area contributed by atoms with Crippen LogP contribution >= 0.6 is 11.6 Å². The predicted molar refractivity (Wildman–Crippen MR) is 141 cm³/mol. The lowest BCUT2D eigenvalue weighted by molar-refractivity contribution is 0.0961. The maximum absolute atomic E-state index is 13.5. The van der Waals surface area contributed by atoms with Gasteiger partial charge in [-0.05, 0) is 22.8 Å². The van der Waals surface area contributed by atoms with Gasteiger partial charge in [-0.2, -0.15) is 0 Å². The number of carbonyl (C=O) groups excluding carboxylic acids is 1. The summed E-state index contributed by atoms with van der Waals surface area (Å²) in [6.07, 6.45) is 1.33. The van der Waals surface area contributed by atoms with Crippen LogP contribution in [0.2, 0.25) is 5.02 Å². The first-order valence-corrected chi connectivity index (χ1v) is 12.3. The van der Waals surface area contributed by atoms with E-state index in [1.54, 1.807) is 0 Å². The standard InChI is InChI=1S/C30H26ClNO3/c1-2-3-17-24(33)27-29(32-35-30(27)25(34)18-19-11-5-4-6-12-19)26-20-13-7-9-15-22(20)28(31)23-16-10-8-14-21(23)26/h4-16,25,34H,2-3,17-18H2,1H3. The van der Waals surface area contributed by atoms with Crippen LogP contribution in [-0.4, -0.2) is 16.0 Å². The number of Topliss-reactive ketones (excluding diaryl/α,β-unsaturated/α-hetero) is 1. The summed E-state index contributed by atoms with van der Waals surface area (Å²) in [6, 6.07) is 25.3. The number of halogens is 1. The summed E-state index contributed by atoms with van der Waals surface area (Å²) >= 11 is 6.80. The Morgan fingerprint density at radius 3 is 2.09 bits per heavy atom. The van der Waals surface area contributed by atoms with Crippen molar-refractivity contribution in [3.8, 4) is 11.3 Å². The molecule has 1 aromatic heterocycles. The summed E-state index contributed by atoms with van der Waals surface area (Å²) in [5, 5.41) is 19.8. The van der Waals surface area contributed by atoms with E-state index in [4.69, 9.17) is 16.1 Å². The summed E-state index contributed by atoms with van der Waals surface area (Å²) in [5.74, 6) is 0.140. The van der Waals surface area contributed by atoms with Crippen LogP contribution in [0, 0.1) is 0 Å². The van der Waals surface area contributed by atoms with Crippen molar-refractivity contribution in [1.82, 2.24) is 5.16 Å². The molecule has 35 heavy (non-hydrogen) atoms. The van der Waals surface area contributed by atoms with Crippen LogP contribution in [0.4, 0.5) is 0 Å². The molecule has 0 saturated carbocycles. The zero-order valence-electron chi connectivity index (χ0n) is 19.5. The highest BCUT2D eigenvalue weighted by molar-refractivity contribution is 6.42. The lowest BCUT2D eigenvalue weighted by Gasteiger charge is -2.14. The van der Waals surface area contributed by atoms with Gasteiger partial charge in [-0.1, -0.05) is 109 Å². The number of nitrogens with zero attached hydrogens (tertiary/aromatic N) is 1. The van der Waals surface area contributed by atoms with Gasteiger partial charge in [0.25, 0.3) is 0 Å². The minimum atomic E-state index is -0.996. The Morgan fingerprint density at radius 2 is 1.49 bits per heavy atom. The number of aromatic nitrogens is 1. The first-order chi connectivity index (χ1) is 17.1. The van der Waals surface area contributed by atoms with Crippen LogP contribution in [0.15, 0.2) is 83.4 Å². The molecule has 1 N–H and O–H groups in total. The van der Waals surface area contributed by atoms with E-state index in [0.717, 1.165) is 45.5 Å². The summed E-state index contributed by atoms with van der Waals surface area (Å²) in [5.41, 5.74) is 2.56. The first kappa shape index (κ1) is 23.3. The Hall–Kier alpha value is -3.47. The molecule has 5 rings (SSSR count). The SMILES string of the molecule is CCCCC(=O)c1c(-c2c3ccccc3c(Cl)c3ccccc23)noc1C(O)Cc1ccccc1. The van der Waals surface area contributed by atoms with Crippen molar-refractivity contribution >= 4 is 38.9 Å². The van der Waals surface area contributed by atoms with Gasteiger partial charge < -0.3 is 9.63 Å². The molecule has 0 fully saturated rings. The molecule has 176 valence electrons. The van der Waals surface area contributed by atoms with Gasteiger partial charge in [0.2, 0.25) is 0 Å². The second-order valence-corrected chi connectivity index (χ2v) is 9.16. The molecular weight excluding hydrogens is 458 g/mol. The van der Waals surface area contributed by atoms with Crippen LogP contribution in [0.1, 0.15) is 54.0 Å². The molecule has 0 amide bonds. The van der Waals surface area contributed by atoms with Crippen molar-refractivity contribution in [2.75, 3.05) is 0 Å². The van der Waals surface area contributed by atoms with Gasteiger partial charge >= 0.3 is 0 Å². The third-order valence-electron chi connectivity index (χ3n) is 6.43. The number of unbranched alkanes of at least 4 members (excludes halogenated alkanes) is 1. The molecule has 0 spiro atoms. The second-order valence-electron chi connectivity index (χ2n) is 8.78. The lowest BCUT2D eigenvalue weighted by atomic mass is 9.90. The molecular formula is C30H26ClNO3. The smallest absolute Gasteiger partial charge is 0.176 e. The van der Waals surface area contributed by atoms with E-state index in [1.165, 1.54) is 0 Å². The molecule has 1 heterocycles. The fraction of sp³-hybridized carbons (Fsp3) is 0.200. The minimum absolute atomic E-state index is 0.0756. The number of rotatable bonds is 8. The Balaban J connectivity index is 1.75. The van der Waals surface area contributed by atoms with Crippen molar-refractivity contribution < 1.29 is 14.4 Å². The molecule has 1 atom stereocenters. The highest BCUT2D eigenvalue weighted by Crippen LogP contribution is 2.43. The van der Waals surface area contributed by atoms with Gasteiger partial charge in [-0.25, -0.2) is 0 Å². The highest BCUT2D eigenvalue weighted by Gasteiger charge is 2.30. The van der Waals surface area contributed by atoms with Gasteiger partial charge in [0.05, 0.1) is 10.6 Å². The Bertz CT molecular complexity index is 1450. The van der Waals surface area contributed by atoms with Crippen molar-refractivity contribution in [2.45, 2.75) is 38.7 Å². The van der Waals surface area contributed by atoms with Gasteiger partial charge in [0.1, 0.15) is 11.8 Å². The molecule has 5 aromatic rings. The Labute approximate surface area is 209 Å². The van der Waals surface area contributed by atoms with E-state index in [9.17, 15) is 9.90 Å². The zero-order valence-corrected chi connectivity index (χ0v) is 20.3. The molecule has 4 nitrogen and oxygen atoms in total. The maximum Gasteiger partial charge on any atom is 0.176 e. The highest BCUT2D eigenvalue weighted by atomic mass is 35.5. The normalized spacial score (nSPS) is 12.3. The summed E-state index contributed by atoms with van der Waals surface area (Å²) in [6.45, 7) is 2.05.